The Balaban J connectivity index is 1.79. The first-order valence-corrected chi connectivity index (χ1v) is 6.79. The molecule has 0 aliphatic carbocycles. The summed E-state index contributed by atoms with van der Waals surface area (Å²) in [5, 5.41) is 4.53. The van der Waals surface area contributed by atoms with Crippen LogP contribution in [0.5, 0.6) is 5.75 Å². The molecule has 0 atom stereocenters. The smallest absolute Gasteiger partial charge is 0.277 e. The van der Waals surface area contributed by atoms with Gasteiger partial charge >= 0.3 is 0 Å². The Bertz CT molecular complexity index is 642. The molecule has 0 aliphatic heterocycles. The molecular formula is C16H15ClN2O2. The van der Waals surface area contributed by atoms with Gasteiger partial charge in [-0.1, -0.05) is 41.9 Å². The number of carbonyl (C=O) groups is 1. The fraction of sp³-hybridized carbons (Fsp3) is 0.125. The minimum Gasteiger partial charge on any atom is -0.484 e. The van der Waals surface area contributed by atoms with Gasteiger partial charge in [0.25, 0.3) is 5.91 Å². The number of nitrogens with zero attached hydrogens (tertiary/aromatic N) is 1. The minimum atomic E-state index is -0.324. The van der Waals surface area contributed by atoms with E-state index in [1.165, 1.54) is 0 Å². The fourth-order valence-electron chi connectivity index (χ4n) is 1.61. The standard InChI is InChI=1S/C16H15ClN2O2/c1-12-9-14(7-8-15(12)17)21-11-16(20)19-18-10-13-5-3-2-4-6-13/h2-10H,11H2,1H3,(H,19,20)/b18-10-. The van der Waals surface area contributed by atoms with Gasteiger partial charge < -0.3 is 4.74 Å². The summed E-state index contributed by atoms with van der Waals surface area (Å²) in [4.78, 5) is 11.6. The molecule has 0 spiro atoms. The van der Waals surface area contributed by atoms with Gasteiger partial charge in [0.2, 0.25) is 0 Å². The second-order valence-corrected chi connectivity index (χ2v) is 4.81. The zero-order valence-electron chi connectivity index (χ0n) is 11.5. The zero-order chi connectivity index (χ0) is 15.1. The van der Waals surface area contributed by atoms with Crippen LogP contribution in [-0.2, 0) is 4.79 Å². The van der Waals surface area contributed by atoms with Gasteiger partial charge in [-0.2, -0.15) is 5.10 Å². The number of benzene rings is 2. The minimum absolute atomic E-state index is 0.104. The number of ether oxygens (including phenoxy) is 1. The largest absolute Gasteiger partial charge is 0.484 e. The summed E-state index contributed by atoms with van der Waals surface area (Å²) in [6, 6.07) is 14.7. The average Bonchev–Trinajstić information content (AvgIpc) is 2.49. The number of hydrogen-bond donors (Lipinski definition) is 1. The molecule has 0 aromatic heterocycles. The van der Waals surface area contributed by atoms with Crippen LogP contribution in [-0.4, -0.2) is 18.7 Å². The summed E-state index contributed by atoms with van der Waals surface area (Å²) in [6.45, 7) is 1.77. The van der Waals surface area contributed by atoms with Crippen molar-refractivity contribution in [3.63, 3.8) is 0 Å². The van der Waals surface area contributed by atoms with Gasteiger partial charge in [-0.3, -0.25) is 4.79 Å². The van der Waals surface area contributed by atoms with Crippen LogP contribution in [0.2, 0.25) is 5.02 Å². The first kappa shape index (κ1) is 15.1. The van der Waals surface area contributed by atoms with E-state index in [1.54, 1.807) is 24.4 Å². The maximum absolute atomic E-state index is 11.6. The molecule has 0 unspecified atom stereocenters. The normalized spacial score (nSPS) is 10.6. The number of carbonyl (C=O) groups excluding carboxylic acids is 1. The Morgan fingerprint density at radius 3 is 2.76 bits per heavy atom. The van der Waals surface area contributed by atoms with E-state index in [0.29, 0.717) is 10.8 Å². The summed E-state index contributed by atoms with van der Waals surface area (Å²) in [5.74, 6) is 0.272. The van der Waals surface area contributed by atoms with Crippen LogP contribution in [0.4, 0.5) is 0 Å². The number of amides is 1. The molecule has 0 radical (unpaired) electrons. The van der Waals surface area contributed by atoms with Crippen molar-refractivity contribution >= 4 is 23.7 Å². The molecule has 0 aliphatic rings. The van der Waals surface area contributed by atoms with E-state index in [1.807, 2.05) is 37.3 Å². The summed E-state index contributed by atoms with van der Waals surface area (Å²) >= 11 is 5.92. The van der Waals surface area contributed by atoms with E-state index in [4.69, 9.17) is 16.3 Å². The van der Waals surface area contributed by atoms with Gasteiger partial charge in [-0.15, -0.1) is 0 Å². The van der Waals surface area contributed by atoms with Gasteiger partial charge in [0, 0.05) is 5.02 Å². The van der Waals surface area contributed by atoms with Crippen molar-refractivity contribution in [2.75, 3.05) is 6.61 Å². The second kappa shape index (κ2) is 7.45. The molecule has 0 saturated heterocycles. The maximum Gasteiger partial charge on any atom is 0.277 e. The molecule has 0 heterocycles. The fourth-order valence-corrected chi connectivity index (χ4v) is 1.72. The van der Waals surface area contributed by atoms with Crippen molar-refractivity contribution in [2.24, 2.45) is 5.10 Å². The molecule has 1 amide bonds. The van der Waals surface area contributed by atoms with Crippen LogP contribution in [0.15, 0.2) is 53.6 Å². The third-order valence-electron chi connectivity index (χ3n) is 2.70. The molecule has 21 heavy (non-hydrogen) atoms. The average molecular weight is 303 g/mol. The van der Waals surface area contributed by atoms with Crippen LogP contribution in [0, 0.1) is 6.92 Å². The number of hydrogen-bond acceptors (Lipinski definition) is 3. The predicted octanol–water partition coefficient (Wildman–Crippen LogP) is 3.18. The van der Waals surface area contributed by atoms with Crippen LogP contribution in [0.25, 0.3) is 0 Å². The zero-order valence-corrected chi connectivity index (χ0v) is 12.3. The van der Waals surface area contributed by atoms with Crippen LogP contribution in [0.1, 0.15) is 11.1 Å². The summed E-state index contributed by atoms with van der Waals surface area (Å²) in [5.41, 5.74) is 4.22. The molecule has 0 fully saturated rings. The molecule has 0 bridgehead atoms. The molecule has 2 rings (SSSR count). The van der Waals surface area contributed by atoms with E-state index < -0.39 is 0 Å². The van der Waals surface area contributed by atoms with Crippen LogP contribution >= 0.6 is 11.6 Å². The molecule has 1 N–H and O–H groups in total. The predicted molar refractivity (Wildman–Crippen MR) is 83.9 cm³/mol. The lowest BCUT2D eigenvalue weighted by atomic mass is 10.2. The number of hydrazone groups is 1. The Morgan fingerprint density at radius 1 is 1.29 bits per heavy atom. The van der Waals surface area contributed by atoms with Crippen molar-refractivity contribution in [1.29, 1.82) is 0 Å². The van der Waals surface area contributed by atoms with Crippen molar-refractivity contribution in [2.45, 2.75) is 6.92 Å². The topological polar surface area (TPSA) is 50.7 Å². The van der Waals surface area contributed by atoms with E-state index in [9.17, 15) is 4.79 Å². The van der Waals surface area contributed by atoms with Crippen molar-refractivity contribution in [3.8, 4) is 5.75 Å². The van der Waals surface area contributed by atoms with Crippen molar-refractivity contribution in [3.05, 3.63) is 64.7 Å². The highest BCUT2D eigenvalue weighted by Crippen LogP contribution is 2.20. The van der Waals surface area contributed by atoms with Gasteiger partial charge in [0.1, 0.15) is 5.75 Å². The molecule has 2 aromatic rings. The third kappa shape index (κ3) is 4.93. The molecule has 4 nitrogen and oxygen atoms in total. The molecule has 5 heteroatoms. The van der Waals surface area contributed by atoms with E-state index in [-0.39, 0.29) is 12.5 Å². The van der Waals surface area contributed by atoms with Crippen molar-refractivity contribution in [1.82, 2.24) is 5.43 Å². The lowest BCUT2D eigenvalue weighted by Crippen LogP contribution is -2.24. The third-order valence-corrected chi connectivity index (χ3v) is 3.13. The number of halogens is 1. The monoisotopic (exact) mass is 302 g/mol. The first-order valence-electron chi connectivity index (χ1n) is 6.41. The highest BCUT2D eigenvalue weighted by Gasteiger charge is 2.03. The quantitative estimate of drug-likeness (QED) is 0.681. The van der Waals surface area contributed by atoms with Gasteiger partial charge in [0.15, 0.2) is 6.61 Å². The Labute approximate surface area is 128 Å². The summed E-state index contributed by atoms with van der Waals surface area (Å²) < 4.78 is 5.36. The number of nitrogens with one attached hydrogen (secondary N) is 1. The number of rotatable bonds is 5. The highest BCUT2D eigenvalue weighted by molar-refractivity contribution is 6.31. The molecule has 2 aromatic carbocycles. The lowest BCUT2D eigenvalue weighted by molar-refractivity contribution is -0.123. The summed E-state index contributed by atoms with van der Waals surface area (Å²) in [6.07, 6.45) is 1.57. The first-order chi connectivity index (χ1) is 10.1. The SMILES string of the molecule is Cc1cc(OCC(=O)N/N=C\c2ccccc2)ccc1Cl. The number of aryl methyl sites for hydroxylation is 1. The Hall–Kier alpha value is -2.33. The maximum atomic E-state index is 11.6. The van der Waals surface area contributed by atoms with Crippen molar-refractivity contribution < 1.29 is 9.53 Å². The van der Waals surface area contributed by atoms with Crippen LogP contribution in [0.3, 0.4) is 0 Å². The Morgan fingerprint density at radius 2 is 2.05 bits per heavy atom. The Kier molecular flexibility index (Phi) is 5.35. The van der Waals surface area contributed by atoms with Gasteiger partial charge in [0.05, 0.1) is 6.21 Å². The second-order valence-electron chi connectivity index (χ2n) is 4.40. The van der Waals surface area contributed by atoms with Gasteiger partial charge in [-0.25, -0.2) is 5.43 Å². The molecular weight excluding hydrogens is 288 g/mol. The van der Waals surface area contributed by atoms with E-state index >= 15 is 0 Å². The van der Waals surface area contributed by atoms with E-state index in [0.717, 1.165) is 11.1 Å². The lowest BCUT2D eigenvalue weighted by Gasteiger charge is -2.06. The molecule has 108 valence electrons. The highest BCUT2D eigenvalue weighted by atomic mass is 35.5. The summed E-state index contributed by atoms with van der Waals surface area (Å²) in [7, 11) is 0. The van der Waals surface area contributed by atoms with Crippen LogP contribution < -0.4 is 10.2 Å². The van der Waals surface area contributed by atoms with Gasteiger partial charge in [-0.05, 0) is 36.2 Å². The molecule has 0 saturated carbocycles. The van der Waals surface area contributed by atoms with E-state index in [2.05, 4.69) is 10.5 Å².